The Kier molecular flexibility index (Phi) is 9.48. The lowest BCUT2D eigenvalue weighted by Gasteiger charge is -2.10. The van der Waals surface area contributed by atoms with Gasteiger partial charge in [0.1, 0.15) is 0 Å². The van der Waals surface area contributed by atoms with E-state index in [4.69, 9.17) is 9.47 Å². The van der Waals surface area contributed by atoms with Crippen molar-refractivity contribution in [3.63, 3.8) is 0 Å². The summed E-state index contributed by atoms with van der Waals surface area (Å²) in [5.74, 6) is 0.680. The van der Waals surface area contributed by atoms with Gasteiger partial charge in [0, 0.05) is 13.1 Å². The fourth-order valence-electron chi connectivity index (χ4n) is 1.53. The van der Waals surface area contributed by atoms with Crippen LogP contribution in [0.3, 0.4) is 0 Å². The van der Waals surface area contributed by atoms with Gasteiger partial charge in [-0.05, 0) is 24.1 Å². The summed E-state index contributed by atoms with van der Waals surface area (Å²) >= 11 is 0. The van der Waals surface area contributed by atoms with Gasteiger partial charge in [-0.25, -0.2) is 0 Å². The molecular weight excluding hydrogens is 249 g/mol. The quantitative estimate of drug-likeness (QED) is 0.824. The van der Waals surface area contributed by atoms with Crippen LogP contribution in [0.2, 0.25) is 0 Å². The van der Waals surface area contributed by atoms with Gasteiger partial charge in [0.15, 0.2) is 11.5 Å². The molecule has 0 unspecified atom stereocenters. The molecule has 0 spiro atoms. The molecule has 1 heterocycles. The van der Waals surface area contributed by atoms with Gasteiger partial charge in [0.25, 0.3) is 0 Å². The lowest BCUT2D eigenvalue weighted by molar-refractivity contribution is 0.109. The Morgan fingerprint density at radius 2 is 2.11 bits per heavy atom. The molecule has 1 saturated heterocycles. The minimum atomic E-state index is 0. The average Bonchev–Trinajstić information content (AvgIpc) is 2.44. The summed E-state index contributed by atoms with van der Waals surface area (Å²) in [6, 6.07) is 5.27. The summed E-state index contributed by atoms with van der Waals surface area (Å²) in [6.07, 6.45) is 2.60. The van der Waals surface area contributed by atoms with Crippen molar-refractivity contribution >= 4 is 0 Å². The van der Waals surface area contributed by atoms with Crippen LogP contribution in [0.25, 0.3) is 0 Å². The summed E-state index contributed by atoms with van der Waals surface area (Å²) in [7, 11) is 1.53. The van der Waals surface area contributed by atoms with Gasteiger partial charge in [0.2, 0.25) is 0 Å². The van der Waals surface area contributed by atoms with Crippen LogP contribution < -0.4 is 10.1 Å². The van der Waals surface area contributed by atoms with E-state index < -0.39 is 0 Å². The molecule has 0 aliphatic carbocycles. The predicted molar refractivity (Wildman–Crippen MR) is 74.8 cm³/mol. The molecule has 108 valence electrons. The van der Waals surface area contributed by atoms with Crippen LogP contribution >= 0.6 is 0 Å². The number of morpholine rings is 1. The number of allylic oxidation sites excluding steroid dienone is 1. The number of phenolic OH excluding ortho intramolecular Hbond substituents is 1. The summed E-state index contributed by atoms with van der Waals surface area (Å²) in [5.41, 5.74) is 1.08. The number of methoxy groups -OCH3 is 1. The van der Waals surface area contributed by atoms with Gasteiger partial charge in [-0.15, -0.1) is 6.58 Å². The number of ether oxygens (including phenoxy) is 2. The molecule has 0 atom stereocenters. The van der Waals surface area contributed by atoms with Crippen LogP contribution in [-0.2, 0) is 11.2 Å². The third kappa shape index (κ3) is 6.79. The summed E-state index contributed by atoms with van der Waals surface area (Å²) in [5, 5.41) is 12.4. The molecular formula is C14H22FNO3. The molecule has 2 N–H and O–H groups in total. The van der Waals surface area contributed by atoms with E-state index in [0.29, 0.717) is 5.75 Å². The second-order valence-electron chi connectivity index (χ2n) is 3.86. The molecule has 5 heteroatoms. The number of phenols is 1. The number of nitrogens with one attached hydrogen (secondary N) is 1. The summed E-state index contributed by atoms with van der Waals surface area (Å²) in [6.45, 7) is 7.46. The Labute approximate surface area is 113 Å². The van der Waals surface area contributed by atoms with Crippen molar-refractivity contribution in [2.24, 2.45) is 0 Å². The number of aromatic hydroxyl groups is 1. The minimum absolute atomic E-state index is 0. The third-order valence-electron chi connectivity index (χ3n) is 2.47. The van der Waals surface area contributed by atoms with E-state index in [1.54, 1.807) is 12.1 Å². The number of rotatable bonds is 3. The van der Waals surface area contributed by atoms with E-state index >= 15 is 0 Å². The predicted octanol–water partition coefficient (Wildman–Crippen LogP) is 1.89. The first-order chi connectivity index (χ1) is 8.77. The maximum Gasteiger partial charge on any atom is 0.160 e. The van der Waals surface area contributed by atoms with Gasteiger partial charge >= 0.3 is 0 Å². The van der Waals surface area contributed by atoms with E-state index in [2.05, 4.69) is 11.9 Å². The lowest BCUT2D eigenvalue weighted by Crippen LogP contribution is -2.30. The number of halogens is 1. The lowest BCUT2D eigenvalue weighted by atomic mass is 10.1. The van der Waals surface area contributed by atoms with Crippen LogP contribution in [0.1, 0.15) is 5.56 Å². The Hall–Kier alpha value is -1.59. The molecule has 0 amide bonds. The molecule has 4 nitrogen and oxygen atoms in total. The molecule has 19 heavy (non-hydrogen) atoms. The second kappa shape index (κ2) is 10.3. The fraction of sp³-hybridized carbons (Fsp3) is 0.429. The Morgan fingerprint density at radius 1 is 1.42 bits per heavy atom. The van der Waals surface area contributed by atoms with Crippen molar-refractivity contribution in [3.8, 4) is 11.5 Å². The Morgan fingerprint density at radius 3 is 2.53 bits per heavy atom. The van der Waals surface area contributed by atoms with E-state index in [-0.39, 0.29) is 10.5 Å². The molecule has 0 radical (unpaired) electrons. The molecule has 1 aromatic carbocycles. The van der Waals surface area contributed by atoms with Crippen molar-refractivity contribution < 1.29 is 19.3 Å². The molecule has 1 aromatic rings. The highest BCUT2D eigenvalue weighted by Crippen LogP contribution is 2.26. The van der Waals surface area contributed by atoms with Gasteiger partial charge < -0.3 is 19.9 Å². The molecule has 1 aliphatic rings. The summed E-state index contributed by atoms with van der Waals surface area (Å²) in [4.78, 5) is 0. The van der Waals surface area contributed by atoms with E-state index in [0.717, 1.165) is 38.3 Å². The van der Waals surface area contributed by atoms with Crippen LogP contribution in [-0.4, -0.2) is 38.5 Å². The fourth-order valence-corrected chi connectivity index (χ4v) is 1.53. The van der Waals surface area contributed by atoms with Crippen LogP contribution in [0.4, 0.5) is 4.70 Å². The smallest absolute Gasteiger partial charge is 0.160 e. The zero-order valence-corrected chi connectivity index (χ0v) is 11.2. The standard InChI is InChI=1S/C10H12O2.C4H9NO.FH/c1-3-4-8-5-6-9(11)10(7-8)12-2;1-3-6-4-2-5-1;/h3,5-7,11H,1,4H2,2H3;5H,1-4H2;1H. The van der Waals surface area contributed by atoms with Gasteiger partial charge in [-0.3, -0.25) is 4.70 Å². The maximum absolute atomic E-state index is 9.25. The van der Waals surface area contributed by atoms with Crippen molar-refractivity contribution in [2.45, 2.75) is 6.42 Å². The monoisotopic (exact) mass is 271 g/mol. The molecule has 0 saturated carbocycles. The van der Waals surface area contributed by atoms with E-state index in [9.17, 15) is 5.11 Å². The van der Waals surface area contributed by atoms with Crippen molar-refractivity contribution in [1.82, 2.24) is 5.32 Å². The highest BCUT2D eigenvalue weighted by atomic mass is 19.0. The average molecular weight is 271 g/mol. The highest BCUT2D eigenvalue weighted by Gasteiger charge is 2.00. The zero-order chi connectivity index (χ0) is 13.2. The first-order valence-corrected chi connectivity index (χ1v) is 6.03. The van der Waals surface area contributed by atoms with Crippen LogP contribution in [0, 0.1) is 0 Å². The Bertz CT molecular complexity index is 356. The molecule has 0 aromatic heterocycles. The summed E-state index contributed by atoms with van der Waals surface area (Å²) < 4.78 is 9.95. The second-order valence-corrected chi connectivity index (χ2v) is 3.86. The van der Waals surface area contributed by atoms with Gasteiger partial charge in [0.05, 0.1) is 20.3 Å². The number of hydrogen-bond donors (Lipinski definition) is 2. The molecule has 1 fully saturated rings. The van der Waals surface area contributed by atoms with Crippen LogP contribution in [0.15, 0.2) is 30.9 Å². The Balaban J connectivity index is 0.000000392. The van der Waals surface area contributed by atoms with Crippen molar-refractivity contribution in [1.29, 1.82) is 0 Å². The molecule has 2 rings (SSSR count). The number of hydrogen-bond acceptors (Lipinski definition) is 4. The molecule has 0 bridgehead atoms. The minimum Gasteiger partial charge on any atom is -0.504 e. The van der Waals surface area contributed by atoms with Crippen LogP contribution in [0.5, 0.6) is 11.5 Å². The topological polar surface area (TPSA) is 50.7 Å². The maximum atomic E-state index is 9.25. The van der Waals surface area contributed by atoms with Gasteiger partial charge in [-0.2, -0.15) is 0 Å². The highest BCUT2D eigenvalue weighted by molar-refractivity contribution is 5.42. The van der Waals surface area contributed by atoms with Crippen molar-refractivity contribution in [2.75, 3.05) is 33.4 Å². The first kappa shape index (κ1) is 17.4. The third-order valence-corrected chi connectivity index (χ3v) is 2.47. The van der Waals surface area contributed by atoms with E-state index in [1.165, 1.54) is 7.11 Å². The first-order valence-electron chi connectivity index (χ1n) is 6.03. The zero-order valence-electron chi connectivity index (χ0n) is 11.2. The largest absolute Gasteiger partial charge is 0.504 e. The SMILES string of the molecule is C1COCCN1.C=CCc1ccc(O)c(OC)c1.F. The van der Waals surface area contributed by atoms with Crippen molar-refractivity contribution in [3.05, 3.63) is 36.4 Å². The molecule has 1 aliphatic heterocycles. The van der Waals surface area contributed by atoms with Gasteiger partial charge in [-0.1, -0.05) is 12.1 Å². The number of benzene rings is 1. The van der Waals surface area contributed by atoms with E-state index in [1.807, 2.05) is 12.1 Å². The normalized spacial score (nSPS) is 13.5.